The van der Waals surface area contributed by atoms with Gasteiger partial charge in [-0.2, -0.15) is 0 Å². The van der Waals surface area contributed by atoms with Crippen molar-refractivity contribution in [3.63, 3.8) is 0 Å². The first-order valence-corrected chi connectivity index (χ1v) is 6.74. The number of nitrogens with one attached hydrogen (secondary N) is 1. The zero-order valence-electron chi connectivity index (χ0n) is 11.9. The lowest BCUT2D eigenvalue weighted by Gasteiger charge is -2.10. The third-order valence-electron chi connectivity index (χ3n) is 3.23. The Kier molecular flexibility index (Phi) is 4.82. The van der Waals surface area contributed by atoms with E-state index in [0.717, 1.165) is 12.1 Å². The largest absolute Gasteiger partial charge is 0.445 e. The zero-order chi connectivity index (χ0) is 14.4. The lowest BCUT2D eigenvalue weighted by molar-refractivity contribution is 0.139. The molecule has 4 heteroatoms. The molecule has 0 fully saturated rings. The van der Waals surface area contributed by atoms with Crippen LogP contribution < -0.4 is 5.32 Å². The van der Waals surface area contributed by atoms with Crippen molar-refractivity contribution in [2.24, 2.45) is 0 Å². The van der Waals surface area contributed by atoms with Crippen LogP contribution in [-0.4, -0.2) is 17.2 Å². The van der Waals surface area contributed by atoms with Gasteiger partial charge in [0.1, 0.15) is 6.61 Å². The van der Waals surface area contributed by atoms with Crippen molar-refractivity contribution < 1.29 is 9.53 Å². The number of hydrogen-bond donors (Lipinski definition) is 1. The van der Waals surface area contributed by atoms with Crippen LogP contribution in [0, 0.1) is 13.8 Å². The van der Waals surface area contributed by atoms with Crippen molar-refractivity contribution >= 4 is 6.09 Å². The summed E-state index contributed by atoms with van der Waals surface area (Å²) in [5.74, 6) is 0. The van der Waals surface area contributed by atoms with Crippen LogP contribution in [-0.2, 0) is 17.9 Å². The Hall–Kier alpha value is -2.23. The molecule has 4 nitrogen and oxygen atoms in total. The fraction of sp³-hybridized carbons (Fsp3) is 0.312. The molecule has 1 aromatic carbocycles. The average Bonchev–Trinajstić information content (AvgIpc) is 2.78. The lowest BCUT2D eigenvalue weighted by Crippen LogP contribution is -2.28. The maximum absolute atomic E-state index is 11.6. The fourth-order valence-electron chi connectivity index (χ4n) is 2.10. The molecule has 0 spiro atoms. The Morgan fingerprint density at radius 3 is 2.40 bits per heavy atom. The van der Waals surface area contributed by atoms with Crippen LogP contribution in [0.25, 0.3) is 0 Å². The first-order chi connectivity index (χ1) is 9.66. The summed E-state index contributed by atoms with van der Waals surface area (Å²) in [7, 11) is 0. The summed E-state index contributed by atoms with van der Waals surface area (Å²) in [5.41, 5.74) is 3.38. The number of aryl methyl sites for hydroxylation is 2. The topological polar surface area (TPSA) is 43.3 Å². The molecule has 0 unspecified atom stereocenters. The fourth-order valence-corrected chi connectivity index (χ4v) is 2.10. The van der Waals surface area contributed by atoms with Gasteiger partial charge in [-0.05, 0) is 31.5 Å². The average molecular weight is 272 g/mol. The van der Waals surface area contributed by atoms with Gasteiger partial charge in [0, 0.05) is 24.5 Å². The summed E-state index contributed by atoms with van der Waals surface area (Å²) in [6.45, 7) is 5.73. The van der Waals surface area contributed by atoms with Crippen LogP contribution in [0.15, 0.2) is 42.5 Å². The molecule has 1 N–H and O–H groups in total. The molecule has 0 aliphatic heterocycles. The highest BCUT2D eigenvalue weighted by molar-refractivity contribution is 5.67. The number of carbonyl (C=O) groups is 1. The summed E-state index contributed by atoms with van der Waals surface area (Å²) in [6, 6.07) is 13.8. The van der Waals surface area contributed by atoms with E-state index in [2.05, 4.69) is 35.9 Å². The normalized spacial score (nSPS) is 10.3. The van der Waals surface area contributed by atoms with E-state index in [1.54, 1.807) is 0 Å². The molecule has 0 saturated carbocycles. The molecular weight excluding hydrogens is 252 g/mol. The summed E-state index contributed by atoms with van der Waals surface area (Å²) < 4.78 is 7.31. The van der Waals surface area contributed by atoms with Gasteiger partial charge in [-0.3, -0.25) is 0 Å². The molecule has 1 aromatic heterocycles. The Labute approximate surface area is 119 Å². The quantitative estimate of drug-likeness (QED) is 0.909. The van der Waals surface area contributed by atoms with E-state index in [9.17, 15) is 4.79 Å². The number of rotatable bonds is 5. The van der Waals surface area contributed by atoms with Crippen molar-refractivity contribution in [3.05, 3.63) is 59.4 Å². The Morgan fingerprint density at radius 1 is 1.10 bits per heavy atom. The van der Waals surface area contributed by atoms with Gasteiger partial charge in [0.15, 0.2) is 0 Å². The predicted molar refractivity (Wildman–Crippen MR) is 78.5 cm³/mol. The number of benzene rings is 1. The van der Waals surface area contributed by atoms with E-state index in [4.69, 9.17) is 4.74 Å². The summed E-state index contributed by atoms with van der Waals surface area (Å²) in [6.07, 6.45) is -0.378. The number of hydrogen-bond acceptors (Lipinski definition) is 2. The highest BCUT2D eigenvalue weighted by Gasteiger charge is 2.04. The van der Waals surface area contributed by atoms with Crippen molar-refractivity contribution in [2.75, 3.05) is 6.54 Å². The molecule has 0 saturated heterocycles. The van der Waals surface area contributed by atoms with E-state index >= 15 is 0 Å². The highest BCUT2D eigenvalue weighted by atomic mass is 16.5. The van der Waals surface area contributed by atoms with Crippen molar-refractivity contribution in [1.29, 1.82) is 0 Å². The van der Waals surface area contributed by atoms with Gasteiger partial charge < -0.3 is 14.6 Å². The molecule has 0 bridgehead atoms. The van der Waals surface area contributed by atoms with Crippen LogP contribution in [0.5, 0.6) is 0 Å². The first kappa shape index (κ1) is 14.2. The SMILES string of the molecule is Cc1ccc(C)n1CCNC(=O)OCc1ccccc1. The molecule has 0 radical (unpaired) electrons. The van der Waals surface area contributed by atoms with E-state index in [0.29, 0.717) is 13.2 Å². The van der Waals surface area contributed by atoms with Crippen LogP contribution in [0.2, 0.25) is 0 Å². The molecule has 0 aliphatic carbocycles. The monoisotopic (exact) mass is 272 g/mol. The van der Waals surface area contributed by atoms with Gasteiger partial charge in [0.25, 0.3) is 0 Å². The molecule has 1 amide bonds. The van der Waals surface area contributed by atoms with E-state index in [1.165, 1.54) is 11.4 Å². The summed E-state index contributed by atoms with van der Waals surface area (Å²) >= 11 is 0. The molecule has 106 valence electrons. The summed E-state index contributed by atoms with van der Waals surface area (Å²) in [5, 5.41) is 2.76. The van der Waals surface area contributed by atoms with E-state index < -0.39 is 0 Å². The molecular formula is C16H20N2O2. The molecule has 2 aromatic rings. The smallest absolute Gasteiger partial charge is 0.407 e. The van der Waals surface area contributed by atoms with E-state index in [-0.39, 0.29) is 6.09 Å². The molecule has 0 atom stereocenters. The number of amides is 1. The van der Waals surface area contributed by atoms with Gasteiger partial charge >= 0.3 is 6.09 Å². The van der Waals surface area contributed by atoms with E-state index in [1.807, 2.05) is 30.3 Å². The van der Waals surface area contributed by atoms with Crippen LogP contribution in [0.1, 0.15) is 17.0 Å². The van der Waals surface area contributed by atoms with Gasteiger partial charge in [0.05, 0.1) is 0 Å². The second-order valence-electron chi connectivity index (χ2n) is 4.76. The third-order valence-corrected chi connectivity index (χ3v) is 3.23. The second kappa shape index (κ2) is 6.80. The molecule has 20 heavy (non-hydrogen) atoms. The maximum atomic E-state index is 11.6. The van der Waals surface area contributed by atoms with Crippen molar-refractivity contribution in [1.82, 2.24) is 9.88 Å². The lowest BCUT2D eigenvalue weighted by atomic mass is 10.2. The van der Waals surface area contributed by atoms with Crippen LogP contribution >= 0.6 is 0 Å². The van der Waals surface area contributed by atoms with Crippen molar-refractivity contribution in [3.8, 4) is 0 Å². The Bertz CT molecular complexity index is 542. The number of alkyl carbamates (subject to hydrolysis) is 1. The number of carbonyl (C=O) groups excluding carboxylic acids is 1. The molecule has 0 aliphatic rings. The standard InChI is InChI=1S/C16H20N2O2/c1-13-8-9-14(2)18(13)11-10-17-16(19)20-12-15-6-4-3-5-7-15/h3-9H,10-12H2,1-2H3,(H,17,19). The zero-order valence-corrected chi connectivity index (χ0v) is 11.9. The Morgan fingerprint density at radius 2 is 1.75 bits per heavy atom. The van der Waals surface area contributed by atoms with Gasteiger partial charge in [0.2, 0.25) is 0 Å². The second-order valence-corrected chi connectivity index (χ2v) is 4.76. The minimum atomic E-state index is -0.378. The number of ether oxygens (including phenoxy) is 1. The number of aromatic nitrogens is 1. The number of nitrogens with zero attached hydrogens (tertiary/aromatic N) is 1. The first-order valence-electron chi connectivity index (χ1n) is 6.74. The van der Waals surface area contributed by atoms with Crippen LogP contribution in [0.4, 0.5) is 4.79 Å². The van der Waals surface area contributed by atoms with Gasteiger partial charge in [-0.25, -0.2) is 4.79 Å². The molecule has 1 heterocycles. The minimum absolute atomic E-state index is 0.300. The summed E-state index contributed by atoms with van der Waals surface area (Å²) in [4.78, 5) is 11.6. The highest BCUT2D eigenvalue weighted by Crippen LogP contribution is 2.06. The van der Waals surface area contributed by atoms with Crippen LogP contribution in [0.3, 0.4) is 0 Å². The van der Waals surface area contributed by atoms with Gasteiger partial charge in [-0.15, -0.1) is 0 Å². The van der Waals surface area contributed by atoms with Gasteiger partial charge in [-0.1, -0.05) is 30.3 Å². The third kappa shape index (κ3) is 3.88. The minimum Gasteiger partial charge on any atom is -0.445 e. The predicted octanol–water partition coefficient (Wildman–Crippen LogP) is 3.03. The Balaban J connectivity index is 1.71. The molecule has 2 rings (SSSR count). The maximum Gasteiger partial charge on any atom is 0.407 e. The van der Waals surface area contributed by atoms with Crippen molar-refractivity contribution in [2.45, 2.75) is 27.0 Å².